The van der Waals surface area contributed by atoms with E-state index in [1.165, 1.54) is 5.56 Å². The van der Waals surface area contributed by atoms with Crippen molar-refractivity contribution in [3.8, 4) is 5.69 Å². The van der Waals surface area contributed by atoms with Crippen molar-refractivity contribution in [2.75, 3.05) is 13.1 Å². The highest BCUT2D eigenvalue weighted by Gasteiger charge is 2.25. The minimum atomic E-state index is -0.260. The molecule has 0 unspecified atom stereocenters. The zero-order valence-electron chi connectivity index (χ0n) is 20.1. The Morgan fingerprint density at radius 1 is 1.03 bits per heavy atom. The number of ether oxygens (including phenoxy) is 1. The third-order valence-electron chi connectivity index (χ3n) is 7.05. The van der Waals surface area contributed by atoms with Crippen LogP contribution in [0.25, 0.3) is 27.6 Å². The first-order chi connectivity index (χ1) is 18.1. The van der Waals surface area contributed by atoms with Gasteiger partial charge in [0.15, 0.2) is 0 Å². The van der Waals surface area contributed by atoms with Crippen LogP contribution in [0.3, 0.4) is 0 Å². The van der Waals surface area contributed by atoms with Crippen molar-refractivity contribution in [2.24, 2.45) is 0 Å². The molecule has 1 aliphatic rings. The van der Waals surface area contributed by atoms with Crippen molar-refractivity contribution in [3.63, 3.8) is 0 Å². The summed E-state index contributed by atoms with van der Waals surface area (Å²) in [6.45, 7) is 1.61. The van der Waals surface area contributed by atoms with Crippen LogP contribution in [0, 0.1) is 0 Å². The van der Waals surface area contributed by atoms with Gasteiger partial charge < -0.3 is 14.6 Å². The molecule has 1 amide bonds. The van der Waals surface area contributed by atoms with Crippen LogP contribution in [0.2, 0.25) is 0 Å². The van der Waals surface area contributed by atoms with Gasteiger partial charge in [0.2, 0.25) is 0 Å². The molecule has 7 nitrogen and oxygen atoms in total. The fourth-order valence-corrected chi connectivity index (χ4v) is 5.46. The number of benzene rings is 3. The fraction of sp³-hybridized carbons (Fsp3) is 0.207. The summed E-state index contributed by atoms with van der Waals surface area (Å²) in [4.78, 5) is 34.6. The van der Waals surface area contributed by atoms with E-state index in [9.17, 15) is 9.59 Å². The monoisotopic (exact) mass is 556 g/mol. The van der Waals surface area contributed by atoms with Crippen LogP contribution in [-0.2, 0) is 11.3 Å². The topological polar surface area (TPSA) is 80.2 Å². The molecule has 1 N–H and O–H groups in total. The Labute approximate surface area is 221 Å². The number of amides is 1. The Morgan fingerprint density at radius 3 is 2.54 bits per heavy atom. The Bertz CT molecular complexity index is 1640. The molecule has 1 aliphatic heterocycles. The van der Waals surface area contributed by atoms with Gasteiger partial charge in [-0.3, -0.25) is 9.55 Å². The van der Waals surface area contributed by atoms with E-state index in [1.54, 1.807) is 15.7 Å². The molecule has 0 bridgehead atoms. The summed E-state index contributed by atoms with van der Waals surface area (Å²) in [5.41, 5.74) is 5.14. The molecule has 37 heavy (non-hydrogen) atoms. The Balaban J connectivity index is 1.17. The van der Waals surface area contributed by atoms with Crippen LogP contribution in [0.15, 0.2) is 88.3 Å². The van der Waals surface area contributed by atoms with Gasteiger partial charge in [0.1, 0.15) is 6.61 Å². The second-order valence-electron chi connectivity index (χ2n) is 9.34. The van der Waals surface area contributed by atoms with E-state index < -0.39 is 0 Å². The quantitative estimate of drug-likeness (QED) is 0.288. The number of hydrogen-bond donors (Lipinski definition) is 1. The standard InChI is InChI=1S/C29H25BrN4O3/c30-22-8-11-25-24(16-22)27-26(17-31-25)32-28(35)34(27)23-9-6-20(7-10-23)21-12-14-33(15-13-21)29(36)37-18-19-4-2-1-3-5-19/h1-11,16-17,21H,12-15,18H2,(H,32,35). The summed E-state index contributed by atoms with van der Waals surface area (Å²) in [5, 5.41) is 0.904. The Morgan fingerprint density at radius 2 is 1.78 bits per heavy atom. The number of halogens is 1. The second-order valence-corrected chi connectivity index (χ2v) is 10.3. The number of piperidine rings is 1. The zero-order valence-corrected chi connectivity index (χ0v) is 21.6. The number of hydrogen-bond acceptors (Lipinski definition) is 4. The molecule has 2 aromatic heterocycles. The number of imidazole rings is 1. The maximum atomic E-state index is 12.9. The summed E-state index contributed by atoms with van der Waals surface area (Å²) >= 11 is 3.53. The number of aromatic amines is 1. The molecule has 0 saturated carbocycles. The van der Waals surface area contributed by atoms with Crippen molar-refractivity contribution < 1.29 is 9.53 Å². The van der Waals surface area contributed by atoms with E-state index in [0.717, 1.165) is 45.0 Å². The number of rotatable bonds is 4. The number of H-pyrrole nitrogens is 1. The molecule has 0 radical (unpaired) electrons. The van der Waals surface area contributed by atoms with Crippen molar-refractivity contribution >= 4 is 44.0 Å². The van der Waals surface area contributed by atoms with Gasteiger partial charge in [0.25, 0.3) is 0 Å². The van der Waals surface area contributed by atoms with Crippen LogP contribution in [0.1, 0.15) is 29.9 Å². The number of likely N-dealkylation sites (tertiary alicyclic amines) is 1. The molecule has 3 aromatic carbocycles. The van der Waals surface area contributed by atoms with Gasteiger partial charge in [-0.25, -0.2) is 9.59 Å². The smallest absolute Gasteiger partial charge is 0.410 e. The average molecular weight is 557 g/mol. The summed E-state index contributed by atoms with van der Waals surface area (Å²) < 4.78 is 8.13. The van der Waals surface area contributed by atoms with Gasteiger partial charge in [-0.15, -0.1) is 0 Å². The summed E-state index contributed by atoms with van der Waals surface area (Å²) in [7, 11) is 0. The lowest BCUT2D eigenvalue weighted by atomic mass is 9.89. The van der Waals surface area contributed by atoms with Gasteiger partial charge in [-0.05, 0) is 60.2 Å². The van der Waals surface area contributed by atoms with Crippen molar-refractivity contribution in [3.05, 3.63) is 105 Å². The van der Waals surface area contributed by atoms with Crippen molar-refractivity contribution in [1.29, 1.82) is 0 Å². The molecule has 8 heteroatoms. The Kier molecular flexibility index (Phi) is 6.26. The van der Waals surface area contributed by atoms with Crippen LogP contribution >= 0.6 is 15.9 Å². The molecule has 1 fully saturated rings. The van der Waals surface area contributed by atoms with E-state index in [2.05, 4.69) is 38.0 Å². The lowest BCUT2D eigenvalue weighted by Gasteiger charge is -2.31. The lowest BCUT2D eigenvalue weighted by molar-refractivity contribution is 0.0870. The van der Waals surface area contributed by atoms with Gasteiger partial charge in [-0.1, -0.05) is 58.4 Å². The molecule has 6 rings (SSSR count). The fourth-order valence-electron chi connectivity index (χ4n) is 5.10. The van der Waals surface area contributed by atoms with Gasteiger partial charge in [0.05, 0.1) is 28.4 Å². The van der Waals surface area contributed by atoms with Crippen LogP contribution in [0.5, 0.6) is 0 Å². The maximum absolute atomic E-state index is 12.9. The first-order valence-electron chi connectivity index (χ1n) is 12.3. The summed E-state index contributed by atoms with van der Waals surface area (Å²) in [6.07, 6.45) is 3.19. The number of nitrogens with zero attached hydrogens (tertiary/aromatic N) is 3. The maximum Gasteiger partial charge on any atom is 0.410 e. The largest absolute Gasteiger partial charge is 0.445 e. The van der Waals surface area contributed by atoms with E-state index >= 15 is 0 Å². The molecule has 3 heterocycles. The third-order valence-corrected chi connectivity index (χ3v) is 7.54. The molecule has 0 atom stereocenters. The van der Waals surface area contributed by atoms with Crippen molar-refractivity contribution in [1.82, 2.24) is 19.4 Å². The zero-order chi connectivity index (χ0) is 25.4. The lowest BCUT2D eigenvalue weighted by Crippen LogP contribution is -2.38. The number of aromatic nitrogens is 3. The van der Waals surface area contributed by atoms with Crippen LogP contribution in [0.4, 0.5) is 4.79 Å². The molecule has 0 spiro atoms. The van der Waals surface area contributed by atoms with Gasteiger partial charge in [0, 0.05) is 22.9 Å². The predicted molar refractivity (Wildman–Crippen MR) is 147 cm³/mol. The number of nitrogens with one attached hydrogen (secondary N) is 1. The Hall–Kier alpha value is -3.91. The molecular weight excluding hydrogens is 532 g/mol. The number of fused-ring (bicyclic) bond motifs is 3. The summed E-state index contributed by atoms with van der Waals surface area (Å²) in [5.74, 6) is 0.355. The number of carbonyl (C=O) groups is 1. The highest BCUT2D eigenvalue weighted by Crippen LogP contribution is 2.30. The van der Waals surface area contributed by atoms with Crippen molar-refractivity contribution in [2.45, 2.75) is 25.4 Å². The van der Waals surface area contributed by atoms with E-state index in [-0.39, 0.29) is 18.4 Å². The molecule has 186 valence electrons. The van der Waals surface area contributed by atoms with Crippen LogP contribution in [-0.4, -0.2) is 38.6 Å². The SMILES string of the molecule is O=C(OCc1ccccc1)N1CCC(c2ccc(-n3c(=O)[nH]c4cnc5ccc(Br)cc5c43)cc2)CC1. The summed E-state index contributed by atoms with van der Waals surface area (Å²) in [6, 6.07) is 23.8. The average Bonchev–Trinajstić information content (AvgIpc) is 3.28. The van der Waals surface area contributed by atoms with E-state index in [1.807, 2.05) is 60.7 Å². The number of pyridine rings is 1. The minimum absolute atomic E-state index is 0.195. The van der Waals surface area contributed by atoms with E-state index in [0.29, 0.717) is 24.5 Å². The highest BCUT2D eigenvalue weighted by atomic mass is 79.9. The molecular formula is C29H25BrN4O3. The van der Waals surface area contributed by atoms with Gasteiger partial charge >= 0.3 is 11.8 Å². The molecule has 5 aromatic rings. The highest BCUT2D eigenvalue weighted by molar-refractivity contribution is 9.10. The minimum Gasteiger partial charge on any atom is -0.445 e. The normalized spacial score (nSPS) is 14.4. The predicted octanol–water partition coefficient (Wildman–Crippen LogP) is 6.15. The first kappa shape index (κ1) is 23.5. The molecule has 1 saturated heterocycles. The van der Waals surface area contributed by atoms with E-state index in [4.69, 9.17) is 4.74 Å². The second kappa shape index (κ2) is 9.86. The third kappa shape index (κ3) is 4.64. The van der Waals surface area contributed by atoms with Crippen LogP contribution < -0.4 is 5.69 Å². The first-order valence-corrected chi connectivity index (χ1v) is 13.1. The van der Waals surface area contributed by atoms with Gasteiger partial charge in [-0.2, -0.15) is 0 Å². The number of carbonyl (C=O) groups excluding carboxylic acids is 1. The molecule has 0 aliphatic carbocycles.